The summed E-state index contributed by atoms with van der Waals surface area (Å²) in [7, 11) is 3.28. The van der Waals surface area contributed by atoms with E-state index in [0.717, 1.165) is 16.9 Å². The summed E-state index contributed by atoms with van der Waals surface area (Å²) in [4.78, 5) is 36.3. The summed E-state index contributed by atoms with van der Waals surface area (Å²) in [6.45, 7) is 3.10. The topological polar surface area (TPSA) is 86.5 Å². The lowest BCUT2D eigenvalue weighted by molar-refractivity contribution is 0.0336. The Balaban J connectivity index is 1.61. The lowest BCUT2D eigenvalue weighted by Gasteiger charge is -2.33. The van der Waals surface area contributed by atoms with Gasteiger partial charge in [0.1, 0.15) is 11.9 Å². The molecule has 1 aromatic carbocycles. The van der Waals surface area contributed by atoms with Crippen LogP contribution in [-0.4, -0.2) is 53.2 Å². The minimum absolute atomic E-state index is 0.106. The molecule has 1 atom stereocenters. The fraction of sp³-hybridized carbons (Fsp3) is 0.304. The number of Topliss-reactive ketones (excluding diaryl/α,β-unsaturated/α-hetero) is 1. The van der Waals surface area contributed by atoms with Crippen molar-refractivity contribution in [3.05, 3.63) is 70.3 Å². The van der Waals surface area contributed by atoms with Gasteiger partial charge in [-0.05, 0) is 42.8 Å². The van der Waals surface area contributed by atoms with E-state index in [1.54, 1.807) is 38.7 Å². The summed E-state index contributed by atoms with van der Waals surface area (Å²) in [5.74, 6) is 1.13. The normalized spacial score (nSPS) is 16.2. The smallest absolute Gasteiger partial charge is 0.255 e. The first-order valence-corrected chi connectivity index (χ1v) is 10.0. The Morgan fingerprint density at radius 3 is 2.68 bits per heavy atom. The van der Waals surface area contributed by atoms with Crippen molar-refractivity contribution in [2.75, 3.05) is 31.7 Å². The summed E-state index contributed by atoms with van der Waals surface area (Å²) in [5, 5.41) is 0. The minimum atomic E-state index is -0.650. The van der Waals surface area contributed by atoms with E-state index in [2.05, 4.69) is 4.98 Å². The molecule has 160 valence electrons. The van der Waals surface area contributed by atoms with E-state index in [-0.39, 0.29) is 11.3 Å². The number of carbonyl (C=O) groups excluding carboxylic acids is 1. The van der Waals surface area contributed by atoms with E-state index >= 15 is 0 Å². The van der Waals surface area contributed by atoms with Gasteiger partial charge < -0.3 is 14.4 Å². The maximum atomic E-state index is 13.1. The van der Waals surface area contributed by atoms with Gasteiger partial charge in [0.25, 0.3) is 5.56 Å². The van der Waals surface area contributed by atoms with Crippen LogP contribution in [-0.2, 0) is 11.8 Å². The minimum Gasteiger partial charge on any atom is -0.496 e. The van der Waals surface area contributed by atoms with Gasteiger partial charge in [0, 0.05) is 43.2 Å². The third-order valence-electron chi connectivity index (χ3n) is 5.41. The van der Waals surface area contributed by atoms with Crippen molar-refractivity contribution in [3.8, 4) is 17.0 Å². The highest BCUT2D eigenvalue weighted by Crippen LogP contribution is 2.23. The predicted molar refractivity (Wildman–Crippen MR) is 117 cm³/mol. The summed E-state index contributed by atoms with van der Waals surface area (Å²) in [6, 6.07) is 10.5. The van der Waals surface area contributed by atoms with Crippen LogP contribution in [0, 0.1) is 6.92 Å². The zero-order chi connectivity index (χ0) is 22.0. The van der Waals surface area contributed by atoms with Crippen molar-refractivity contribution < 1.29 is 14.3 Å². The molecule has 4 rings (SSSR count). The Bertz CT molecular complexity index is 1160. The zero-order valence-electron chi connectivity index (χ0n) is 17.7. The number of aryl methyl sites for hydroxylation is 1. The van der Waals surface area contributed by atoms with Gasteiger partial charge in [0.05, 0.1) is 26.0 Å². The molecule has 31 heavy (non-hydrogen) atoms. The Morgan fingerprint density at radius 2 is 1.97 bits per heavy atom. The number of rotatable bonds is 5. The number of benzene rings is 1. The Kier molecular flexibility index (Phi) is 5.81. The summed E-state index contributed by atoms with van der Waals surface area (Å²) in [6.07, 6.45) is 2.67. The summed E-state index contributed by atoms with van der Waals surface area (Å²) in [5.41, 5.74) is 2.66. The first kappa shape index (κ1) is 20.7. The molecule has 0 saturated carbocycles. The summed E-state index contributed by atoms with van der Waals surface area (Å²) < 4.78 is 12.6. The highest BCUT2D eigenvalue weighted by molar-refractivity contribution is 6.00. The number of aromatic nitrogens is 3. The highest BCUT2D eigenvalue weighted by Gasteiger charge is 2.30. The van der Waals surface area contributed by atoms with E-state index in [0.29, 0.717) is 36.9 Å². The van der Waals surface area contributed by atoms with Crippen molar-refractivity contribution in [3.63, 3.8) is 0 Å². The lowest BCUT2D eigenvalue weighted by Crippen LogP contribution is -2.48. The molecule has 0 N–H and O–H groups in total. The Hall–Kier alpha value is -3.52. The second-order valence-electron chi connectivity index (χ2n) is 7.43. The first-order chi connectivity index (χ1) is 15.0. The molecule has 1 aliphatic heterocycles. The van der Waals surface area contributed by atoms with Gasteiger partial charge in [-0.1, -0.05) is 0 Å². The molecule has 0 aliphatic carbocycles. The second-order valence-corrected chi connectivity index (χ2v) is 7.43. The predicted octanol–water partition coefficient (Wildman–Crippen LogP) is 2.25. The standard InChI is InChI=1S/C23H24N4O4/c1-15-12-17(4-5-19(15)30-3)22(29)20-14-27(10-11-31-20)23-25-18(13-21(28)26(23)2)16-6-8-24-9-7-16/h4-9,12-13,20H,10-11,14H2,1-3H3. The molecule has 8 heteroatoms. The molecular formula is C23H24N4O4. The molecule has 0 spiro atoms. The number of anilines is 1. The first-order valence-electron chi connectivity index (χ1n) is 10.0. The van der Waals surface area contributed by atoms with Crippen LogP contribution in [0.2, 0.25) is 0 Å². The number of nitrogens with zero attached hydrogens (tertiary/aromatic N) is 4. The van der Waals surface area contributed by atoms with Gasteiger partial charge in [-0.3, -0.25) is 19.1 Å². The molecule has 1 aliphatic rings. The molecule has 1 unspecified atom stereocenters. The number of hydrogen-bond donors (Lipinski definition) is 0. The molecule has 1 fully saturated rings. The van der Waals surface area contributed by atoms with Crippen molar-refractivity contribution in [2.45, 2.75) is 13.0 Å². The molecular weight excluding hydrogens is 396 g/mol. The quantitative estimate of drug-likeness (QED) is 0.585. The van der Waals surface area contributed by atoms with E-state index in [4.69, 9.17) is 14.5 Å². The molecule has 1 saturated heterocycles. The van der Waals surface area contributed by atoms with Crippen LogP contribution in [0.1, 0.15) is 15.9 Å². The molecule has 2 aromatic heterocycles. The molecule has 3 aromatic rings. The molecule has 3 heterocycles. The summed E-state index contributed by atoms with van der Waals surface area (Å²) >= 11 is 0. The van der Waals surface area contributed by atoms with E-state index in [1.807, 2.05) is 30.0 Å². The number of pyridine rings is 1. The fourth-order valence-corrected chi connectivity index (χ4v) is 3.69. The second kappa shape index (κ2) is 8.69. The van der Waals surface area contributed by atoms with Crippen LogP contribution in [0.15, 0.2) is 53.6 Å². The fourth-order valence-electron chi connectivity index (χ4n) is 3.69. The average Bonchev–Trinajstić information content (AvgIpc) is 2.81. The SMILES string of the molecule is COc1ccc(C(=O)C2CN(c3nc(-c4ccncc4)cc(=O)n3C)CCO2)cc1C. The Morgan fingerprint density at radius 1 is 1.19 bits per heavy atom. The van der Waals surface area contributed by atoms with E-state index < -0.39 is 6.10 Å². The maximum Gasteiger partial charge on any atom is 0.255 e. The van der Waals surface area contributed by atoms with Crippen molar-refractivity contribution >= 4 is 11.7 Å². The number of carbonyl (C=O) groups is 1. The third kappa shape index (κ3) is 4.20. The average molecular weight is 420 g/mol. The molecule has 0 radical (unpaired) electrons. The monoisotopic (exact) mass is 420 g/mol. The van der Waals surface area contributed by atoms with Gasteiger partial charge in [-0.15, -0.1) is 0 Å². The van der Waals surface area contributed by atoms with Gasteiger partial charge in [0.2, 0.25) is 5.95 Å². The maximum absolute atomic E-state index is 13.1. The zero-order valence-corrected chi connectivity index (χ0v) is 17.7. The van der Waals surface area contributed by atoms with E-state index in [9.17, 15) is 9.59 Å². The van der Waals surface area contributed by atoms with Gasteiger partial charge in [-0.25, -0.2) is 4.98 Å². The van der Waals surface area contributed by atoms with Crippen LogP contribution in [0.3, 0.4) is 0 Å². The van der Waals surface area contributed by atoms with Crippen LogP contribution in [0.25, 0.3) is 11.3 Å². The van der Waals surface area contributed by atoms with Crippen LogP contribution < -0.4 is 15.2 Å². The van der Waals surface area contributed by atoms with Gasteiger partial charge in [-0.2, -0.15) is 0 Å². The number of hydrogen-bond acceptors (Lipinski definition) is 7. The Labute approximate surface area is 180 Å². The van der Waals surface area contributed by atoms with Crippen molar-refractivity contribution in [1.29, 1.82) is 0 Å². The van der Waals surface area contributed by atoms with Gasteiger partial charge in [0.15, 0.2) is 5.78 Å². The van der Waals surface area contributed by atoms with E-state index in [1.165, 1.54) is 10.6 Å². The molecule has 8 nitrogen and oxygen atoms in total. The van der Waals surface area contributed by atoms with Gasteiger partial charge >= 0.3 is 0 Å². The van der Waals surface area contributed by atoms with Crippen LogP contribution in [0.5, 0.6) is 5.75 Å². The third-order valence-corrected chi connectivity index (χ3v) is 5.41. The lowest BCUT2D eigenvalue weighted by atomic mass is 10.0. The number of ether oxygens (including phenoxy) is 2. The van der Waals surface area contributed by atoms with Crippen LogP contribution >= 0.6 is 0 Å². The number of morpholine rings is 1. The number of ketones is 1. The van der Waals surface area contributed by atoms with Crippen molar-refractivity contribution in [1.82, 2.24) is 14.5 Å². The largest absolute Gasteiger partial charge is 0.496 e. The van der Waals surface area contributed by atoms with Crippen LogP contribution in [0.4, 0.5) is 5.95 Å². The molecule has 0 amide bonds. The molecule has 0 bridgehead atoms. The van der Waals surface area contributed by atoms with Crippen molar-refractivity contribution in [2.24, 2.45) is 7.05 Å². The highest BCUT2D eigenvalue weighted by atomic mass is 16.5. The number of methoxy groups -OCH3 is 1.